The molecule has 3 amide bonds. The molecule has 2 bridgehead atoms. The van der Waals surface area contributed by atoms with Crippen molar-refractivity contribution in [2.45, 2.75) is 77.8 Å². The smallest absolute Gasteiger partial charge is 0.255 e. The maximum Gasteiger partial charge on any atom is 0.255 e. The van der Waals surface area contributed by atoms with Crippen molar-refractivity contribution in [1.82, 2.24) is 20.1 Å². The van der Waals surface area contributed by atoms with Gasteiger partial charge in [0.1, 0.15) is 5.82 Å². The molecule has 8 heteroatoms. The summed E-state index contributed by atoms with van der Waals surface area (Å²) in [6.45, 7) is 8.42. The van der Waals surface area contributed by atoms with Gasteiger partial charge < -0.3 is 20.9 Å². The average Bonchev–Trinajstić information content (AvgIpc) is 2.82. The van der Waals surface area contributed by atoms with Crippen LogP contribution in [0.15, 0.2) is 18.3 Å². The van der Waals surface area contributed by atoms with Crippen LogP contribution in [0.25, 0.3) is 0 Å². The lowest BCUT2D eigenvalue weighted by Crippen LogP contribution is -2.60. The summed E-state index contributed by atoms with van der Waals surface area (Å²) < 4.78 is 0. The predicted octanol–water partition coefficient (Wildman–Crippen LogP) is 3.08. The molecule has 192 valence electrons. The Balaban J connectivity index is 1.50. The Morgan fingerprint density at radius 2 is 1.94 bits per heavy atom. The van der Waals surface area contributed by atoms with Crippen LogP contribution in [0.2, 0.25) is 0 Å². The third kappa shape index (κ3) is 6.14. The number of aromatic nitrogens is 1. The highest BCUT2D eigenvalue weighted by Crippen LogP contribution is 2.37. The van der Waals surface area contributed by atoms with Crippen LogP contribution in [-0.2, 0) is 9.59 Å². The maximum absolute atomic E-state index is 13.5. The first-order chi connectivity index (χ1) is 16.7. The molecule has 4 rings (SSSR count). The normalized spacial score (nSPS) is 30.6. The molecule has 0 saturated carbocycles. The number of likely N-dealkylation sites (tertiary alicyclic amines) is 1. The largest absolute Gasteiger partial charge is 0.384 e. The number of nitrogens with zero attached hydrogens (tertiary/aromatic N) is 3. The first-order valence-corrected chi connectivity index (χ1v) is 13.3. The topological polar surface area (TPSA) is 109 Å². The quantitative estimate of drug-likeness (QED) is 0.672. The van der Waals surface area contributed by atoms with E-state index in [2.05, 4.69) is 36.0 Å². The van der Waals surface area contributed by atoms with Crippen LogP contribution in [0.4, 0.5) is 5.82 Å². The number of pyridine rings is 1. The molecule has 35 heavy (non-hydrogen) atoms. The number of carbonyl (C=O) groups excluding carboxylic acids is 3. The summed E-state index contributed by atoms with van der Waals surface area (Å²) in [6.07, 6.45) is 6.97. The van der Waals surface area contributed by atoms with Crippen LogP contribution in [0.1, 0.15) is 76.1 Å². The van der Waals surface area contributed by atoms with E-state index >= 15 is 0 Å². The third-order valence-corrected chi connectivity index (χ3v) is 8.16. The molecule has 0 aliphatic carbocycles. The summed E-state index contributed by atoms with van der Waals surface area (Å²) in [4.78, 5) is 47.5. The minimum Gasteiger partial charge on any atom is -0.384 e. The van der Waals surface area contributed by atoms with Crippen LogP contribution in [-0.4, -0.2) is 64.2 Å². The minimum atomic E-state index is -0.0238. The second kappa shape index (κ2) is 11.0. The Bertz CT molecular complexity index is 918. The lowest BCUT2D eigenvalue weighted by molar-refractivity contribution is -0.141. The van der Waals surface area contributed by atoms with Gasteiger partial charge in [0.25, 0.3) is 5.91 Å². The van der Waals surface area contributed by atoms with E-state index in [0.29, 0.717) is 49.8 Å². The third-order valence-electron chi connectivity index (χ3n) is 8.16. The van der Waals surface area contributed by atoms with Crippen molar-refractivity contribution in [3.63, 3.8) is 0 Å². The van der Waals surface area contributed by atoms with E-state index in [0.717, 1.165) is 32.1 Å². The number of anilines is 1. The van der Waals surface area contributed by atoms with Crippen molar-refractivity contribution >= 4 is 23.5 Å². The first-order valence-electron chi connectivity index (χ1n) is 13.3. The van der Waals surface area contributed by atoms with Crippen LogP contribution in [0.5, 0.6) is 0 Å². The molecular formula is C27H41N5O3. The highest BCUT2D eigenvalue weighted by Gasteiger charge is 2.43. The predicted molar refractivity (Wildman–Crippen MR) is 135 cm³/mol. The van der Waals surface area contributed by atoms with Crippen molar-refractivity contribution in [3.05, 3.63) is 23.9 Å². The van der Waals surface area contributed by atoms with Gasteiger partial charge >= 0.3 is 0 Å². The monoisotopic (exact) mass is 483 g/mol. The zero-order valence-corrected chi connectivity index (χ0v) is 21.4. The molecule has 5 atom stereocenters. The van der Waals surface area contributed by atoms with E-state index in [-0.39, 0.29) is 47.6 Å². The molecule has 3 fully saturated rings. The summed E-state index contributed by atoms with van der Waals surface area (Å²) in [7, 11) is 0. The van der Waals surface area contributed by atoms with Crippen LogP contribution < -0.4 is 11.1 Å². The number of amides is 3. The van der Waals surface area contributed by atoms with Gasteiger partial charge in [0.15, 0.2) is 0 Å². The van der Waals surface area contributed by atoms with Crippen molar-refractivity contribution in [2.75, 3.05) is 25.4 Å². The number of nitrogens with two attached hydrogens (primary N) is 1. The van der Waals surface area contributed by atoms with Crippen LogP contribution in [0.3, 0.4) is 0 Å². The highest BCUT2D eigenvalue weighted by atomic mass is 16.2. The molecule has 0 radical (unpaired) electrons. The van der Waals surface area contributed by atoms with E-state index in [4.69, 9.17) is 5.73 Å². The van der Waals surface area contributed by atoms with Gasteiger partial charge in [0, 0.05) is 50.8 Å². The fourth-order valence-electron chi connectivity index (χ4n) is 6.19. The lowest BCUT2D eigenvalue weighted by Gasteiger charge is -2.51. The molecule has 1 aromatic rings. The highest BCUT2D eigenvalue weighted by molar-refractivity contribution is 5.94. The molecule has 3 aliphatic heterocycles. The molecular weight excluding hydrogens is 442 g/mol. The van der Waals surface area contributed by atoms with Crippen molar-refractivity contribution in [3.8, 4) is 0 Å². The number of hydrogen-bond acceptors (Lipinski definition) is 5. The zero-order valence-electron chi connectivity index (χ0n) is 21.4. The van der Waals surface area contributed by atoms with E-state index in [1.165, 1.54) is 0 Å². The number of hydrogen-bond donors (Lipinski definition) is 2. The number of carbonyl (C=O) groups is 3. The fraction of sp³-hybridized carbons (Fsp3) is 0.704. The number of rotatable bonds is 2. The molecule has 8 nitrogen and oxygen atoms in total. The fourth-order valence-corrected chi connectivity index (χ4v) is 6.19. The van der Waals surface area contributed by atoms with Gasteiger partial charge in [-0.3, -0.25) is 14.4 Å². The summed E-state index contributed by atoms with van der Waals surface area (Å²) in [6, 6.07) is 3.61. The standard InChI is InChI=1S/C27H41N5O3/c1-17(2)22-9-7-18(3)11-26(34)32-15-19-12-21(23(32)5-4-6-25(33)30-22)16-31(14-19)27(35)20-8-10-24(28)29-13-20/h8,10,13,17-19,21-23H,4-7,9,11-12,14-16H2,1-3H3,(H2,28,29)(H,30,33)/t18-,19+,21-,22+,23+/m1/s1. The Labute approximate surface area is 209 Å². The summed E-state index contributed by atoms with van der Waals surface area (Å²) in [5.41, 5.74) is 6.24. The average molecular weight is 484 g/mol. The van der Waals surface area contributed by atoms with Crippen LogP contribution in [0, 0.1) is 23.7 Å². The van der Waals surface area contributed by atoms with Gasteiger partial charge in [-0.2, -0.15) is 0 Å². The summed E-state index contributed by atoms with van der Waals surface area (Å²) in [5.74, 6) is 1.87. The molecule has 3 saturated heterocycles. The Morgan fingerprint density at radius 1 is 1.14 bits per heavy atom. The summed E-state index contributed by atoms with van der Waals surface area (Å²) >= 11 is 0. The molecule has 4 heterocycles. The van der Waals surface area contributed by atoms with Gasteiger partial charge in [0.05, 0.1) is 5.56 Å². The molecule has 3 aliphatic rings. The van der Waals surface area contributed by atoms with Gasteiger partial charge in [-0.15, -0.1) is 0 Å². The van der Waals surface area contributed by atoms with E-state index in [1.54, 1.807) is 18.3 Å². The molecule has 1 aromatic heterocycles. The molecule has 3 N–H and O–H groups in total. The maximum atomic E-state index is 13.5. The van der Waals surface area contributed by atoms with E-state index in [1.807, 2.05) is 4.90 Å². The number of fused-ring (bicyclic) bond motifs is 4. The second-order valence-corrected chi connectivity index (χ2v) is 11.4. The Kier molecular flexibility index (Phi) is 7.97. The molecule has 0 aromatic carbocycles. The van der Waals surface area contributed by atoms with Gasteiger partial charge in [-0.05, 0) is 67.9 Å². The minimum absolute atomic E-state index is 0.0238. The summed E-state index contributed by atoms with van der Waals surface area (Å²) in [5, 5.41) is 3.24. The Hall–Kier alpha value is -2.64. The molecule has 0 unspecified atom stereocenters. The SMILES string of the molecule is CC(C)[C@@H]1CC[C@@H](C)CC(=O)N2C[C@H]3C[C@H](CN(C(=O)c4ccc(N)nc4)C3)[C@@H]2CCCC(=O)N1. The van der Waals surface area contributed by atoms with Crippen molar-refractivity contribution in [1.29, 1.82) is 0 Å². The van der Waals surface area contributed by atoms with E-state index in [9.17, 15) is 14.4 Å². The van der Waals surface area contributed by atoms with Gasteiger partial charge in [0.2, 0.25) is 11.8 Å². The molecule has 0 spiro atoms. The lowest BCUT2D eigenvalue weighted by atomic mass is 9.77. The zero-order chi connectivity index (χ0) is 25.1. The van der Waals surface area contributed by atoms with Gasteiger partial charge in [-0.1, -0.05) is 20.8 Å². The number of piperidine rings is 2. The first kappa shape index (κ1) is 25.5. The Morgan fingerprint density at radius 3 is 2.66 bits per heavy atom. The van der Waals surface area contributed by atoms with E-state index < -0.39 is 0 Å². The number of nitrogens with one attached hydrogen (secondary N) is 1. The second-order valence-electron chi connectivity index (χ2n) is 11.4. The van der Waals surface area contributed by atoms with Crippen LogP contribution >= 0.6 is 0 Å². The van der Waals surface area contributed by atoms with Crippen molar-refractivity contribution in [2.24, 2.45) is 23.7 Å². The van der Waals surface area contributed by atoms with Crippen molar-refractivity contribution < 1.29 is 14.4 Å². The number of nitrogen functional groups attached to an aromatic ring is 1. The van der Waals surface area contributed by atoms with Gasteiger partial charge in [-0.25, -0.2) is 4.98 Å².